The number of likely N-dealkylation sites (tertiary alicyclic amines) is 1. The number of rotatable bonds is 3. The first-order valence-corrected chi connectivity index (χ1v) is 5.01. The van der Waals surface area contributed by atoms with E-state index >= 15 is 0 Å². The molecule has 1 fully saturated rings. The minimum absolute atomic E-state index is 0.173. The second-order valence-electron chi connectivity index (χ2n) is 4.22. The highest BCUT2D eigenvalue weighted by molar-refractivity contribution is 5.69. The normalized spacial score (nSPS) is 22.9. The lowest BCUT2D eigenvalue weighted by Gasteiger charge is -2.29. The molecule has 0 aromatic rings. The van der Waals surface area contributed by atoms with Crippen LogP contribution in [0, 0.1) is 11.8 Å². The zero-order chi connectivity index (χ0) is 9.84. The molecule has 1 rings (SSSR count). The third-order valence-electron chi connectivity index (χ3n) is 2.95. The minimum atomic E-state index is -0.654. The lowest BCUT2D eigenvalue weighted by Crippen LogP contribution is -2.31. The monoisotopic (exact) mass is 185 g/mol. The molecule has 1 N–H and O–H groups in total. The van der Waals surface area contributed by atoms with Gasteiger partial charge in [0.15, 0.2) is 0 Å². The maximum Gasteiger partial charge on any atom is 0.306 e. The second-order valence-corrected chi connectivity index (χ2v) is 4.22. The van der Waals surface area contributed by atoms with Crippen LogP contribution in [0.4, 0.5) is 0 Å². The lowest BCUT2D eigenvalue weighted by molar-refractivity contribution is -0.141. The zero-order valence-electron chi connectivity index (χ0n) is 8.49. The summed E-state index contributed by atoms with van der Waals surface area (Å²) in [6, 6.07) is 0. The van der Waals surface area contributed by atoms with Gasteiger partial charge in [0.2, 0.25) is 0 Å². The Labute approximate surface area is 79.7 Å². The molecule has 0 bridgehead atoms. The molecule has 0 amide bonds. The SMILES string of the molecule is CC(CC1CCN(C)CC1)C(=O)O. The van der Waals surface area contributed by atoms with E-state index < -0.39 is 5.97 Å². The van der Waals surface area contributed by atoms with Crippen molar-refractivity contribution in [2.24, 2.45) is 11.8 Å². The van der Waals surface area contributed by atoms with Crippen LogP contribution in [0.2, 0.25) is 0 Å². The molecular formula is C10H19NO2. The van der Waals surface area contributed by atoms with Gasteiger partial charge in [0.1, 0.15) is 0 Å². The highest BCUT2D eigenvalue weighted by Crippen LogP contribution is 2.23. The van der Waals surface area contributed by atoms with Crippen LogP contribution in [0.3, 0.4) is 0 Å². The summed E-state index contributed by atoms with van der Waals surface area (Å²) >= 11 is 0. The van der Waals surface area contributed by atoms with E-state index in [0.717, 1.165) is 32.4 Å². The Morgan fingerprint density at radius 2 is 2.08 bits per heavy atom. The topological polar surface area (TPSA) is 40.5 Å². The summed E-state index contributed by atoms with van der Waals surface area (Å²) in [5.41, 5.74) is 0. The molecule has 0 aliphatic carbocycles. The van der Waals surface area contributed by atoms with Crippen molar-refractivity contribution in [2.45, 2.75) is 26.2 Å². The third kappa shape index (κ3) is 3.35. The third-order valence-corrected chi connectivity index (χ3v) is 2.95. The van der Waals surface area contributed by atoms with Crippen LogP contribution in [0.1, 0.15) is 26.2 Å². The summed E-state index contributed by atoms with van der Waals surface area (Å²) in [5, 5.41) is 8.75. The van der Waals surface area contributed by atoms with Crippen molar-refractivity contribution in [3.05, 3.63) is 0 Å². The first-order valence-electron chi connectivity index (χ1n) is 5.01. The van der Waals surface area contributed by atoms with Gasteiger partial charge in [0, 0.05) is 0 Å². The fraction of sp³-hybridized carbons (Fsp3) is 0.900. The molecule has 0 radical (unpaired) electrons. The molecular weight excluding hydrogens is 166 g/mol. The lowest BCUT2D eigenvalue weighted by atomic mass is 9.88. The summed E-state index contributed by atoms with van der Waals surface area (Å²) < 4.78 is 0. The smallest absolute Gasteiger partial charge is 0.306 e. The van der Waals surface area contributed by atoms with Gasteiger partial charge in [-0.05, 0) is 45.3 Å². The van der Waals surface area contributed by atoms with Gasteiger partial charge in [0.25, 0.3) is 0 Å². The van der Waals surface area contributed by atoms with Crippen LogP contribution in [0.25, 0.3) is 0 Å². The second kappa shape index (κ2) is 4.61. The van der Waals surface area contributed by atoms with Crippen molar-refractivity contribution in [2.75, 3.05) is 20.1 Å². The van der Waals surface area contributed by atoms with Gasteiger partial charge in [-0.15, -0.1) is 0 Å². The molecule has 3 nitrogen and oxygen atoms in total. The fourth-order valence-electron chi connectivity index (χ4n) is 1.90. The molecule has 0 spiro atoms. The van der Waals surface area contributed by atoms with Crippen molar-refractivity contribution in [1.29, 1.82) is 0 Å². The van der Waals surface area contributed by atoms with E-state index in [2.05, 4.69) is 11.9 Å². The van der Waals surface area contributed by atoms with Crippen molar-refractivity contribution in [3.8, 4) is 0 Å². The number of aliphatic carboxylic acids is 1. The highest BCUT2D eigenvalue weighted by atomic mass is 16.4. The molecule has 0 aromatic carbocycles. The van der Waals surface area contributed by atoms with Gasteiger partial charge in [0.05, 0.1) is 5.92 Å². The van der Waals surface area contributed by atoms with Gasteiger partial charge in [-0.3, -0.25) is 4.79 Å². The molecule has 13 heavy (non-hydrogen) atoms. The van der Waals surface area contributed by atoms with Crippen LogP contribution >= 0.6 is 0 Å². The molecule has 0 saturated carbocycles. The van der Waals surface area contributed by atoms with Gasteiger partial charge in [-0.25, -0.2) is 0 Å². The van der Waals surface area contributed by atoms with Crippen LogP contribution in [-0.2, 0) is 4.79 Å². The molecule has 1 unspecified atom stereocenters. The maximum absolute atomic E-state index is 10.6. The number of hydrogen-bond donors (Lipinski definition) is 1. The van der Waals surface area contributed by atoms with Gasteiger partial charge in [-0.2, -0.15) is 0 Å². The molecule has 0 aromatic heterocycles. The van der Waals surface area contributed by atoms with Gasteiger partial charge in [-0.1, -0.05) is 6.92 Å². The highest BCUT2D eigenvalue weighted by Gasteiger charge is 2.21. The Balaban J connectivity index is 2.26. The summed E-state index contributed by atoms with van der Waals surface area (Å²) in [4.78, 5) is 12.9. The molecule has 1 atom stereocenters. The van der Waals surface area contributed by atoms with Crippen molar-refractivity contribution >= 4 is 5.97 Å². The molecule has 1 aliphatic rings. The Morgan fingerprint density at radius 3 is 2.54 bits per heavy atom. The fourth-order valence-corrected chi connectivity index (χ4v) is 1.90. The number of hydrogen-bond acceptors (Lipinski definition) is 2. The molecule has 3 heteroatoms. The molecule has 76 valence electrons. The van der Waals surface area contributed by atoms with E-state index in [1.165, 1.54) is 0 Å². The van der Waals surface area contributed by atoms with E-state index in [9.17, 15) is 4.79 Å². The van der Waals surface area contributed by atoms with E-state index in [0.29, 0.717) is 5.92 Å². The largest absolute Gasteiger partial charge is 0.481 e. The Kier molecular flexibility index (Phi) is 3.72. The van der Waals surface area contributed by atoms with Crippen LogP contribution in [0.15, 0.2) is 0 Å². The predicted octanol–water partition coefficient (Wildman–Crippen LogP) is 1.44. The van der Waals surface area contributed by atoms with E-state index in [-0.39, 0.29) is 5.92 Å². The predicted molar refractivity (Wildman–Crippen MR) is 51.6 cm³/mol. The molecule has 1 saturated heterocycles. The standard InChI is InChI=1S/C10H19NO2/c1-8(10(12)13)7-9-3-5-11(2)6-4-9/h8-9H,3-7H2,1-2H3,(H,12,13). The number of carboxylic acid groups (broad SMARTS) is 1. The van der Waals surface area contributed by atoms with Crippen LogP contribution in [-0.4, -0.2) is 36.1 Å². The molecule has 1 heterocycles. The Bertz CT molecular complexity index is 174. The van der Waals surface area contributed by atoms with Crippen molar-refractivity contribution in [3.63, 3.8) is 0 Å². The summed E-state index contributed by atoms with van der Waals surface area (Å²) in [6.07, 6.45) is 3.17. The van der Waals surface area contributed by atoms with Gasteiger partial charge < -0.3 is 10.0 Å². The van der Waals surface area contributed by atoms with Crippen LogP contribution in [0.5, 0.6) is 0 Å². The number of piperidine rings is 1. The van der Waals surface area contributed by atoms with E-state index in [1.54, 1.807) is 6.92 Å². The average molecular weight is 185 g/mol. The number of carboxylic acids is 1. The first kappa shape index (κ1) is 10.5. The maximum atomic E-state index is 10.6. The Hall–Kier alpha value is -0.570. The minimum Gasteiger partial charge on any atom is -0.481 e. The van der Waals surface area contributed by atoms with Gasteiger partial charge >= 0.3 is 5.97 Å². The van der Waals surface area contributed by atoms with Crippen LogP contribution < -0.4 is 0 Å². The average Bonchev–Trinajstić information content (AvgIpc) is 2.08. The number of carbonyl (C=O) groups is 1. The van der Waals surface area contributed by atoms with E-state index in [1.807, 2.05) is 0 Å². The first-order chi connectivity index (χ1) is 6.09. The van der Waals surface area contributed by atoms with Crippen molar-refractivity contribution < 1.29 is 9.90 Å². The van der Waals surface area contributed by atoms with Crippen molar-refractivity contribution in [1.82, 2.24) is 4.90 Å². The summed E-state index contributed by atoms with van der Waals surface area (Å²) in [7, 11) is 2.12. The summed E-state index contributed by atoms with van der Waals surface area (Å²) in [5.74, 6) is -0.199. The quantitative estimate of drug-likeness (QED) is 0.723. The zero-order valence-corrected chi connectivity index (χ0v) is 8.49. The molecule has 1 aliphatic heterocycles. The summed E-state index contributed by atoms with van der Waals surface area (Å²) in [6.45, 7) is 4.05. The number of nitrogens with zero attached hydrogens (tertiary/aromatic N) is 1. The van der Waals surface area contributed by atoms with E-state index in [4.69, 9.17) is 5.11 Å². The Morgan fingerprint density at radius 1 is 1.54 bits per heavy atom.